The van der Waals surface area contributed by atoms with Gasteiger partial charge in [0.15, 0.2) is 6.29 Å². The van der Waals surface area contributed by atoms with Crippen molar-refractivity contribution in [3.8, 4) is 5.69 Å². The van der Waals surface area contributed by atoms with Crippen LogP contribution >= 0.6 is 27.5 Å². The van der Waals surface area contributed by atoms with Crippen LogP contribution in [0.5, 0.6) is 0 Å². The van der Waals surface area contributed by atoms with Gasteiger partial charge in [-0.25, -0.2) is 4.68 Å². The van der Waals surface area contributed by atoms with Crippen LogP contribution in [0.25, 0.3) is 5.69 Å². The van der Waals surface area contributed by atoms with Crippen LogP contribution in [0.1, 0.15) is 35.8 Å². The first-order valence-corrected chi connectivity index (χ1v) is 6.56. The van der Waals surface area contributed by atoms with E-state index in [2.05, 4.69) is 26.0 Å². The topological polar surface area (TPSA) is 47.8 Å². The molecule has 2 aromatic rings. The molecule has 18 heavy (non-hydrogen) atoms. The summed E-state index contributed by atoms with van der Waals surface area (Å²) in [5, 5.41) is 4.70. The van der Waals surface area contributed by atoms with Gasteiger partial charge in [0.25, 0.3) is 0 Å². The Labute approximate surface area is 118 Å². The van der Waals surface area contributed by atoms with Crippen molar-refractivity contribution in [2.75, 3.05) is 0 Å². The van der Waals surface area contributed by atoms with Crippen molar-refractivity contribution in [1.82, 2.24) is 14.8 Å². The Morgan fingerprint density at radius 3 is 2.67 bits per heavy atom. The molecule has 0 aromatic carbocycles. The molecule has 94 valence electrons. The molecule has 2 heterocycles. The molecule has 0 N–H and O–H groups in total. The number of hydrogen-bond acceptors (Lipinski definition) is 3. The average Bonchev–Trinajstić information content (AvgIpc) is 2.66. The van der Waals surface area contributed by atoms with E-state index in [1.54, 1.807) is 12.4 Å². The Kier molecular flexibility index (Phi) is 3.82. The Bertz CT molecular complexity index is 595. The second-order valence-electron chi connectivity index (χ2n) is 4.14. The molecular formula is C12H11BrClN3O. The first-order chi connectivity index (χ1) is 8.54. The van der Waals surface area contributed by atoms with Crippen molar-refractivity contribution < 1.29 is 4.79 Å². The number of carbonyl (C=O) groups is 1. The summed E-state index contributed by atoms with van der Waals surface area (Å²) in [4.78, 5) is 15.2. The maximum Gasteiger partial charge on any atom is 0.155 e. The van der Waals surface area contributed by atoms with Crippen molar-refractivity contribution >= 4 is 33.8 Å². The Morgan fingerprint density at radius 2 is 2.17 bits per heavy atom. The highest BCUT2D eigenvalue weighted by Crippen LogP contribution is 2.27. The highest BCUT2D eigenvalue weighted by Gasteiger charge is 2.19. The largest absolute Gasteiger partial charge is 0.298 e. The number of rotatable bonds is 3. The number of aldehydes is 1. The summed E-state index contributed by atoms with van der Waals surface area (Å²) in [6, 6.07) is 1.84. The fourth-order valence-corrected chi connectivity index (χ4v) is 2.28. The molecule has 0 fully saturated rings. The fourth-order valence-electron chi connectivity index (χ4n) is 1.65. The monoisotopic (exact) mass is 327 g/mol. The highest BCUT2D eigenvalue weighted by molar-refractivity contribution is 9.10. The lowest BCUT2D eigenvalue weighted by Crippen LogP contribution is -1.99. The normalized spacial score (nSPS) is 10.9. The van der Waals surface area contributed by atoms with E-state index >= 15 is 0 Å². The molecule has 0 aliphatic rings. The predicted octanol–water partition coefficient (Wildman–Crippen LogP) is 3.62. The molecule has 0 unspecified atom stereocenters. The van der Waals surface area contributed by atoms with Crippen molar-refractivity contribution in [3.05, 3.63) is 39.3 Å². The zero-order valence-electron chi connectivity index (χ0n) is 9.89. The van der Waals surface area contributed by atoms with Crippen LogP contribution in [0.4, 0.5) is 0 Å². The van der Waals surface area contributed by atoms with Crippen molar-refractivity contribution in [3.63, 3.8) is 0 Å². The Morgan fingerprint density at radius 1 is 1.44 bits per heavy atom. The number of aromatic nitrogens is 3. The molecule has 0 bridgehead atoms. The second kappa shape index (κ2) is 5.20. The molecule has 0 saturated carbocycles. The van der Waals surface area contributed by atoms with Gasteiger partial charge < -0.3 is 0 Å². The first kappa shape index (κ1) is 13.2. The number of halogens is 2. The van der Waals surface area contributed by atoms with Gasteiger partial charge in [-0.2, -0.15) is 5.10 Å². The third kappa shape index (κ3) is 2.33. The standard InChI is InChI=1S/C12H11BrClN3O/c1-7(2)11-10(6-18)12(14)17(16-11)9-3-8(13)4-15-5-9/h3-7H,1-2H3. The van der Waals surface area contributed by atoms with E-state index in [9.17, 15) is 4.79 Å². The van der Waals surface area contributed by atoms with Crippen LogP contribution in [-0.4, -0.2) is 21.1 Å². The van der Waals surface area contributed by atoms with Crippen LogP contribution in [0.15, 0.2) is 22.9 Å². The second-order valence-corrected chi connectivity index (χ2v) is 5.41. The minimum atomic E-state index is 0.129. The zero-order chi connectivity index (χ0) is 13.3. The van der Waals surface area contributed by atoms with Gasteiger partial charge in [-0.1, -0.05) is 25.4 Å². The fraction of sp³-hybridized carbons (Fsp3) is 0.250. The first-order valence-electron chi connectivity index (χ1n) is 5.39. The zero-order valence-corrected chi connectivity index (χ0v) is 12.2. The summed E-state index contributed by atoms with van der Waals surface area (Å²) in [6.45, 7) is 3.93. The van der Waals surface area contributed by atoms with Gasteiger partial charge in [0.2, 0.25) is 0 Å². The van der Waals surface area contributed by atoms with E-state index in [0.29, 0.717) is 22.1 Å². The molecule has 2 rings (SSSR count). The number of carbonyl (C=O) groups excluding carboxylic acids is 1. The lowest BCUT2D eigenvalue weighted by Gasteiger charge is -2.02. The van der Waals surface area contributed by atoms with Gasteiger partial charge in [-0.3, -0.25) is 9.78 Å². The molecular weight excluding hydrogens is 318 g/mol. The number of pyridine rings is 1. The Hall–Kier alpha value is -1.20. The maximum absolute atomic E-state index is 11.1. The summed E-state index contributed by atoms with van der Waals surface area (Å²) in [5.41, 5.74) is 1.84. The quantitative estimate of drug-likeness (QED) is 0.809. The molecule has 0 radical (unpaired) electrons. The van der Waals surface area contributed by atoms with Crippen LogP contribution in [0.2, 0.25) is 5.15 Å². The maximum atomic E-state index is 11.1. The molecule has 0 aliphatic heterocycles. The van der Waals surface area contributed by atoms with E-state index in [0.717, 1.165) is 10.8 Å². The predicted molar refractivity (Wildman–Crippen MR) is 73.5 cm³/mol. The third-order valence-electron chi connectivity index (χ3n) is 2.49. The molecule has 0 saturated heterocycles. The van der Waals surface area contributed by atoms with Crippen LogP contribution < -0.4 is 0 Å². The SMILES string of the molecule is CC(C)c1nn(-c2cncc(Br)c2)c(Cl)c1C=O. The van der Waals surface area contributed by atoms with Gasteiger partial charge in [0.1, 0.15) is 5.15 Å². The molecule has 0 amide bonds. The van der Waals surface area contributed by atoms with E-state index in [1.165, 1.54) is 4.68 Å². The van der Waals surface area contributed by atoms with Gasteiger partial charge in [0, 0.05) is 10.7 Å². The Balaban J connectivity index is 2.62. The number of hydrogen-bond donors (Lipinski definition) is 0. The van der Waals surface area contributed by atoms with Crippen molar-refractivity contribution in [2.45, 2.75) is 19.8 Å². The summed E-state index contributed by atoms with van der Waals surface area (Å²) < 4.78 is 2.35. The lowest BCUT2D eigenvalue weighted by molar-refractivity contribution is 0.112. The molecule has 0 spiro atoms. The van der Waals surface area contributed by atoms with Gasteiger partial charge in [0.05, 0.1) is 23.1 Å². The average molecular weight is 329 g/mol. The van der Waals surface area contributed by atoms with E-state index in [4.69, 9.17) is 11.6 Å². The molecule has 0 atom stereocenters. The minimum absolute atomic E-state index is 0.129. The summed E-state index contributed by atoms with van der Waals surface area (Å²) in [7, 11) is 0. The molecule has 0 aliphatic carbocycles. The third-order valence-corrected chi connectivity index (χ3v) is 3.29. The van der Waals surface area contributed by atoms with Crippen molar-refractivity contribution in [1.29, 1.82) is 0 Å². The minimum Gasteiger partial charge on any atom is -0.298 e. The van der Waals surface area contributed by atoms with E-state index in [-0.39, 0.29) is 5.92 Å². The smallest absolute Gasteiger partial charge is 0.155 e. The molecule has 4 nitrogen and oxygen atoms in total. The van der Waals surface area contributed by atoms with Crippen LogP contribution in [-0.2, 0) is 0 Å². The molecule has 2 aromatic heterocycles. The van der Waals surface area contributed by atoms with Crippen LogP contribution in [0, 0.1) is 0 Å². The summed E-state index contributed by atoms with van der Waals surface area (Å²) in [6.07, 6.45) is 4.06. The van der Waals surface area contributed by atoms with Crippen LogP contribution in [0.3, 0.4) is 0 Å². The van der Waals surface area contributed by atoms with Crippen molar-refractivity contribution in [2.24, 2.45) is 0 Å². The van der Waals surface area contributed by atoms with E-state index < -0.39 is 0 Å². The summed E-state index contributed by atoms with van der Waals surface area (Å²) >= 11 is 9.53. The van der Waals surface area contributed by atoms with E-state index in [1.807, 2.05) is 19.9 Å². The van der Waals surface area contributed by atoms with Gasteiger partial charge in [-0.15, -0.1) is 0 Å². The lowest BCUT2D eigenvalue weighted by atomic mass is 10.1. The molecule has 6 heteroatoms. The van der Waals surface area contributed by atoms with Gasteiger partial charge >= 0.3 is 0 Å². The highest BCUT2D eigenvalue weighted by atomic mass is 79.9. The number of nitrogens with zero attached hydrogens (tertiary/aromatic N) is 3. The van der Waals surface area contributed by atoms with Gasteiger partial charge in [-0.05, 0) is 27.9 Å². The summed E-state index contributed by atoms with van der Waals surface area (Å²) in [5.74, 6) is 0.129.